The Morgan fingerprint density at radius 3 is 1.85 bits per heavy atom. The molecule has 7 N–H and O–H groups in total. The molecule has 0 bridgehead atoms. The first-order valence-electron chi connectivity index (χ1n) is 27.0. The monoisotopic (exact) mass is 1390 g/mol. The Morgan fingerprint density at radius 2 is 1.27 bits per heavy atom. The quantitative estimate of drug-likeness (QED) is 0.0199. The van der Waals surface area contributed by atoms with Gasteiger partial charge in [0.15, 0.2) is 0 Å². The van der Waals surface area contributed by atoms with Gasteiger partial charge in [0.05, 0.1) is 52.4 Å². The minimum atomic E-state index is -6.18. The molecular formula is C58H58N12O17P3Ru. The zero-order valence-electron chi connectivity index (χ0n) is 48.1. The number of pyridine rings is 6. The van der Waals surface area contributed by atoms with E-state index in [2.05, 4.69) is 69.3 Å². The van der Waals surface area contributed by atoms with Crippen LogP contribution >= 0.6 is 23.5 Å². The van der Waals surface area contributed by atoms with E-state index in [1.165, 1.54) is 25.3 Å². The second-order valence-corrected chi connectivity index (χ2v) is 23.3. The number of ether oxygens (including phenoxy) is 1. The first kappa shape index (κ1) is 71.5. The minimum absolute atomic E-state index is 0. The van der Waals surface area contributed by atoms with Gasteiger partial charge < -0.3 is 55.2 Å². The number of phosphoric acid groups is 3. The van der Waals surface area contributed by atoms with E-state index >= 15 is 0 Å². The standard InChI is InChI=1S/C38H45N8O17P3.2C10H8N2.Ru/c1-23-11-16-39-28(18-23)29-19-25(12-17-40-29)6-4-13-43-37(51)26-7-3-8-27(20-26)44-33(49)10-9-32(48)41-14-5-15-42-35-24(2)36(50)45-38(52)46(35)34-21-30(47)31(61-34)22-60-65(56,57)63-66(58,59)62-64(53,54)55;2*1-3-7-11-9(5-1)10-6-2-4-8-12-10;/h3,5,7-12,15-20,30-31,34,42,47H,4,6,13-14,21-22H2,1-2H3,(H,41,48)(H,43,51)(H,44,49)(H,56,57)(H,58,59)(H,45,50,52)(H2,53,54,55);2*1-8H;/q;;;+3/p-3/b10-9+,15-5+;;;/t30-,31+,34+;;;/m0.../s1. The molecule has 0 spiro atoms. The van der Waals surface area contributed by atoms with Crippen LogP contribution in [0.25, 0.3) is 34.2 Å². The van der Waals surface area contributed by atoms with Crippen molar-refractivity contribution < 1.29 is 90.1 Å². The van der Waals surface area contributed by atoms with Crippen LogP contribution in [-0.4, -0.2) is 99.1 Å². The summed E-state index contributed by atoms with van der Waals surface area (Å²) in [4.78, 5) is 133. The summed E-state index contributed by atoms with van der Waals surface area (Å²) in [7, 11) is -18.1. The SMILES string of the molecule is Cc1ccnc(-c2cc(CCCNC(=O)c3cccc(NC(=O)/C=C/C(=O)NC/C=C/Nc4c(C)c(=O)[nH]c(=O)n4[C@H]4C[C@H](O)[C@@H](COP(=O)([O-])OP(=O)([O-])OP(=O)([O-])O)O4)c3)ccn2)c1.[Ru+3].c1ccc(-c2ccccn2)nc1.c1ccc(-c2ccccn2)nc1. The zero-order valence-corrected chi connectivity index (χ0v) is 52.6. The van der Waals surface area contributed by atoms with Gasteiger partial charge in [-0.2, -0.15) is 0 Å². The summed E-state index contributed by atoms with van der Waals surface area (Å²) in [5.74, 6) is -1.84. The van der Waals surface area contributed by atoms with Crippen molar-refractivity contribution in [2.24, 2.45) is 0 Å². The van der Waals surface area contributed by atoms with Crippen molar-refractivity contribution in [3.8, 4) is 34.2 Å². The fourth-order valence-electron chi connectivity index (χ4n) is 8.16. The number of amides is 3. The van der Waals surface area contributed by atoms with E-state index in [-0.39, 0.29) is 43.3 Å². The number of rotatable bonds is 23. The summed E-state index contributed by atoms with van der Waals surface area (Å²) in [5.41, 5.74) is 6.04. The summed E-state index contributed by atoms with van der Waals surface area (Å²) in [6.07, 6.45) is 11.5. The number of hydrogen-bond acceptors (Lipinski definition) is 23. The van der Waals surface area contributed by atoms with Crippen LogP contribution in [0.1, 0.15) is 46.1 Å². The maximum Gasteiger partial charge on any atom is 3.00 e. The molecule has 475 valence electrons. The number of anilines is 2. The van der Waals surface area contributed by atoms with Gasteiger partial charge in [0, 0.05) is 86.3 Å². The molecule has 1 aromatic carbocycles. The molecule has 1 radical (unpaired) electrons. The summed E-state index contributed by atoms with van der Waals surface area (Å²) in [6, 6.07) is 37.2. The molecule has 6 atom stereocenters. The number of aromatic nitrogens is 8. The molecule has 1 saturated heterocycles. The number of aromatic amines is 1. The fraction of sp³-hybridized carbons (Fsp3) is 0.190. The number of phosphoric ester groups is 1. The van der Waals surface area contributed by atoms with Crippen LogP contribution in [0.5, 0.6) is 0 Å². The first-order valence-corrected chi connectivity index (χ1v) is 31.4. The van der Waals surface area contributed by atoms with E-state index in [1.807, 2.05) is 104 Å². The number of carbonyl (C=O) groups excluding carboxylic acids is 3. The second kappa shape index (κ2) is 34.6. The van der Waals surface area contributed by atoms with Crippen LogP contribution in [-0.2, 0) is 67.1 Å². The van der Waals surface area contributed by atoms with Gasteiger partial charge >= 0.3 is 25.2 Å². The number of aliphatic hydroxyl groups is 1. The van der Waals surface area contributed by atoms with E-state index in [4.69, 9.17) is 9.63 Å². The molecule has 1 fully saturated rings. The van der Waals surface area contributed by atoms with Gasteiger partial charge in [0.2, 0.25) is 11.8 Å². The van der Waals surface area contributed by atoms with Gasteiger partial charge in [-0.15, -0.1) is 0 Å². The van der Waals surface area contributed by atoms with Crippen LogP contribution < -0.4 is 47.2 Å². The molecular weight excluding hydrogens is 1330 g/mol. The van der Waals surface area contributed by atoms with Crippen molar-refractivity contribution >= 4 is 52.7 Å². The Labute approximate surface area is 532 Å². The van der Waals surface area contributed by atoms with Gasteiger partial charge in [-0.1, -0.05) is 30.3 Å². The second-order valence-electron chi connectivity index (χ2n) is 19.0. The topological polar surface area (TPSA) is 429 Å². The Balaban J connectivity index is 0.000000429. The molecule has 9 rings (SSSR count). The predicted octanol–water partition coefficient (Wildman–Crippen LogP) is 4.59. The molecule has 29 nitrogen and oxygen atoms in total. The number of H-pyrrole nitrogens is 1. The number of hydrogen-bond donors (Lipinski definition) is 7. The zero-order chi connectivity index (χ0) is 64.7. The van der Waals surface area contributed by atoms with E-state index in [9.17, 15) is 57.5 Å². The van der Waals surface area contributed by atoms with Gasteiger partial charge in [0.25, 0.3) is 34.9 Å². The average molecular weight is 1390 g/mol. The Kier molecular flexibility index (Phi) is 27.2. The number of nitrogens with one attached hydrogen (secondary N) is 5. The van der Waals surface area contributed by atoms with Crippen LogP contribution in [0.3, 0.4) is 0 Å². The molecule has 3 amide bonds. The third-order valence-corrected chi connectivity index (χ3v) is 16.0. The molecule has 3 unspecified atom stereocenters. The molecule has 8 heterocycles. The van der Waals surface area contributed by atoms with Crippen molar-refractivity contribution in [3.63, 3.8) is 0 Å². The van der Waals surface area contributed by atoms with Crippen molar-refractivity contribution in [2.45, 2.75) is 51.5 Å². The normalized spacial score (nSPS) is 16.2. The maximum absolute atomic E-state index is 12.9. The molecule has 91 heavy (non-hydrogen) atoms. The molecule has 1 aliphatic rings. The molecule has 0 aliphatic carbocycles. The van der Waals surface area contributed by atoms with E-state index in [0.717, 1.165) is 62.0 Å². The smallest absolute Gasteiger partial charge is 0.756 e. The van der Waals surface area contributed by atoms with Gasteiger partial charge in [0.1, 0.15) is 18.1 Å². The number of nitrogens with zero attached hydrogens (tertiary/aromatic N) is 7. The van der Waals surface area contributed by atoms with Crippen LogP contribution in [0, 0.1) is 13.8 Å². The first-order chi connectivity index (χ1) is 43.0. The Bertz CT molecular complexity index is 3910. The third kappa shape index (κ3) is 23.6. The molecule has 33 heteroatoms. The molecule has 0 saturated carbocycles. The molecule has 8 aromatic rings. The number of aryl methyl sites for hydroxylation is 2. The number of aliphatic hydroxyl groups excluding tert-OH is 1. The number of benzene rings is 1. The minimum Gasteiger partial charge on any atom is -0.756 e. The Morgan fingerprint density at radius 1 is 0.703 bits per heavy atom. The average Bonchev–Trinajstić information content (AvgIpc) is 1.77. The number of carbonyl (C=O) groups is 3. The van der Waals surface area contributed by atoms with Crippen molar-refractivity contribution in [2.75, 3.05) is 30.3 Å². The van der Waals surface area contributed by atoms with Crippen molar-refractivity contribution in [3.05, 3.63) is 226 Å². The van der Waals surface area contributed by atoms with Crippen LogP contribution in [0.2, 0.25) is 0 Å². The maximum atomic E-state index is 12.9. The van der Waals surface area contributed by atoms with Crippen molar-refractivity contribution in [1.29, 1.82) is 0 Å². The Hall–Kier alpha value is -8.56. The summed E-state index contributed by atoms with van der Waals surface area (Å²) in [5, 5.41) is 21.1. The van der Waals surface area contributed by atoms with Crippen molar-refractivity contribution in [1.82, 2.24) is 50.1 Å². The predicted molar refractivity (Wildman–Crippen MR) is 322 cm³/mol. The van der Waals surface area contributed by atoms with Gasteiger partial charge in [-0.3, -0.25) is 72.3 Å². The van der Waals surface area contributed by atoms with Gasteiger partial charge in [-0.25, -0.2) is 13.4 Å². The molecule has 7 aromatic heterocycles. The summed E-state index contributed by atoms with van der Waals surface area (Å²) in [6.45, 7) is 2.46. The van der Waals surface area contributed by atoms with E-state index in [1.54, 1.807) is 55.4 Å². The summed E-state index contributed by atoms with van der Waals surface area (Å²) < 4.78 is 51.6. The van der Waals surface area contributed by atoms with Crippen LogP contribution in [0.15, 0.2) is 193 Å². The van der Waals surface area contributed by atoms with E-state index < -0.39 is 78.0 Å². The summed E-state index contributed by atoms with van der Waals surface area (Å²) >= 11 is 0. The van der Waals surface area contributed by atoms with E-state index in [0.29, 0.717) is 30.6 Å². The third-order valence-electron chi connectivity index (χ3n) is 12.3. The largest absolute Gasteiger partial charge is 3.00 e. The van der Waals surface area contributed by atoms with Crippen LogP contribution in [0.4, 0.5) is 11.5 Å². The van der Waals surface area contributed by atoms with Gasteiger partial charge in [-0.05, 0) is 135 Å². The molecule has 1 aliphatic heterocycles. The fourth-order valence-corrected chi connectivity index (χ4v) is 11.1.